The molecule has 0 unspecified atom stereocenters. The van der Waals surface area contributed by atoms with E-state index in [4.69, 9.17) is 4.74 Å². The number of nitrogens with one attached hydrogen (secondary N) is 2. The lowest BCUT2D eigenvalue weighted by Crippen LogP contribution is -2.31. The monoisotopic (exact) mass is 345 g/mol. The molecule has 0 radical (unpaired) electrons. The van der Waals surface area contributed by atoms with Crippen molar-refractivity contribution < 1.29 is 9.53 Å². The predicted molar refractivity (Wildman–Crippen MR) is 94.0 cm³/mol. The minimum atomic E-state index is -0.304. The predicted octanol–water partition coefficient (Wildman–Crippen LogP) is 2.75. The molecule has 6 nitrogen and oxygen atoms in total. The first kappa shape index (κ1) is 16.6. The first-order valence-electron chi connectivity index (χ1n) is 7.92. The van der Waals surface area contributed by atoms with Gasteiger partial charge in [-0.2, -0.15) is 0 Å². The zero-order valence-corrected chi connectivity index (χ0v) is 14.4. The van der Waals surface area contributed by atoms with E-state index in [1.807, 2.05) is 38.1 Å². The standard InChI is InChI=1S/C17H19N3O3S/c1-3-23-11-7-5-10(6-8-11)12-9-13(21)18-15-14(12)16(22)20-17(19-15)24-4-2/h5-8,12H,3-4,9H2,1-2H3,(H2,18,19,20,21,22)/t12-/m0/s1. The van der Waals surface area contributed by atoms with Crippen molar-refractivity contribution >= 4 is 23.5 Å². The molecule has 2 heterocycles. The average Bonchev–Trinajstić information content (AvgIpc) is 2.55. The van der Waals surface area contributed by atoms with Crippen molar-refractivity contribution in [2.75, 3.05) is 17.7 Å². The third-order valence-electron chi connectivity index (χ3n) is 3.80. The lowest BCUT2D eigenvalue weighted by molar-refractivity contribution is -0.116. The molecule has 24 heavy (non-hydrogen) atoms. The summed E-state index contributed by atoms with van der Waals surface area (Å²) >= 11 is 1.43. The fraction of sp³-hybridized carbons (Fsp3) is 0.353. The van der Waals surface area contributed by atoms with Gasteiger partial charge in [-0.05, 0) is 30.4 Å². The van der Waals surface area contributed by atoms with Gasteiger partial charge in [0.15, 0.2) is 5.16 Å². The van der Waals surface area contributed by atoms with E-state index < -0.39 is 0 Å². The van der Waals surface area contributed by atoms with Crippen LogP contribution in [0, 0.1) is 0 Å². The maximum absolute atomic E-state index is 12.5. The Bertz CT molecular complexity index is 802. The molecule has 0 aliphatic carbocycles. The second kappa shape index (κ2) is 7.09. The van der Waals surface area contributed by atoms with Gasteiger partial charge >= 0.3 is 0 Å². The molecule has 126 valence electrons. The van der Waals surface area contributed by atoms with E-state index in [0.717, 1.165) is 17.1 Å². The molecule has 0 fully saturated rings. The average molecular weight is 345 g/mol. The van der Waals surface area contributed by atoms with Crippen molar-refractivity contribution in [1.29, 1.82) is 0 Å². The van der Waals surface area contributed by atoms with E-state index >= 15 is 0 Å². The van der Waals surface area contributed by atoms with Crippen LogP contribution in [0.15, 0.2) is 34.2 Å². The first-order chi connectivity index (χ1) is 11.6. The van der Waals surface area contributed by atoms with E-state index in [9.17, 15) is 9.59 Å². The number of aromatic nitrogens is 2. The second-order valence-corrected chi connectivity index (χ2v) is 6.63. The van der Waals surface area contributed by atoms with Gasteiger partial charge in [0, 0.05) is 12.3 Å². The molecule has 0 bridgehead atoms. The Labute approximate surface area is 144 Å². The zero-order valence-electron chi connectivity index (χ0n) is 13.6. The number of ether oxygens (including phenoxy) is 1. The summed E-state index contributed by atoms with van der Waals surface area (Å²) < 4.78 is 5.44. The molecule has 1 aliphatic rings. The molecule has 0 saturated heterocycles. The molecular weight excluding hydrogens is 326 g/mol. The molecular formula is C17H19N3O3S. The van der Waals surface area contributed by atoms with Crippen LogP contribution < -0.4 is 15.6 Å². The smallest absolute Gasteiger partial charge is 0.257 e. The van der Waals surface area contributed by atoms with Crippen molar-refractivity contribution in [2.24, 2.45) is 0 Å². The van der Waals surface area contributed by atoms with E-state index in [2.05, 4.69) is 15.3 Å². The van der Waals surface area contributed by atoms with Crippen LogP contribution in [0.1, 0.15) is 37.3 Å². The SMILES string of the molecule is CCOc1ccc([C@@H]2CC(=O)Nc3nc(SCC)[nH]c(=O)c32)cc1. The molecule has 0 spiro atoms. The Morgan fingerprint density at radius 2 is 2.00 bits per heavy atom. The number of nitrogens with zero attached hydrogens (tertiary/aromatic N) is 1. The summed E-state index contributed by atoms with van der Waals surface area (Å²) in [6, 6.07) is 7.50. The van der Waals surface area contributed by atoms with Crippen molar-refractivity contribution in [3.05, 3.63) is 45.7 Å². The number of aromatic amines is 1. The van der Waals surface area contributed by atoms with Gasteiger partial charge in [-0.25, -0.2) is 4.98 Å². The van der Waals surface area contributed by atoms with Gasteiger partial charge in [0.25, 0.3) is 5.56 Å². The summed E-state index contributed by atoms with van der Waals surface area (Å²) in [6.07, 6.45) is 0.228. The van der Waals surface area contributed by atoms with Gasteiger partial charge in [-0.15, -0.1) is 0 Å². The van der Waals surface area contributed by atoms with Crippen LogP contribution in [-0.4, -0.2) is 28.2 Å². The minimum absolute atomic E-state index is 0.132. The first-order valence-corrected chi connectivity index (χ1v) is 8.90. The highest BCUT2D eigenvalue weighted by atomic mass is 32.2. The van der Waals surface area contributed by atoms with Crippen LogP contribution >= 0.6 is 11.8 Å². The normalized spacial score (nSPS) is 16.4. The summed E-state index contributed by atoms with van der Waals surface area (Å²) in [4.78, 5) is 31.8. The van der Waals surface area contributed by atoms with Crippen LogP contribution in [0.25, 0.3) is 0 Å². The van der Waals surface area contributed by atoms with E-state index in [0.29, 0.717) is 23.1 Å². The number of thioether (sulfide) groups is 1. The Morgan fingerprint density at radius 3 is 2.67 bits per heavy atom. The molecule has 1 amide bonds. The van der Waals surface area contributed by atoms with Crippen LogP contribution in [0.2, 0.25) is 0 Å². The molecule has 1 aliphatic heterocycles. The number of anilines is 1. The number of fused-ring (bicyclic) bond motifs is 1. The highest BCUT2D eigenvalue weighted by Crippen LogP contribution is 2.35. The lowest BCUT2D eigenvalue weighted by atomic mass is 9.87. The molecule has 1 atom stereocenters. The number of rotatable bonds is 5. The van der Waals surface area contributed by atoms with Crippen LogP contribution in [-0.2, 0) is 4.79 Å². The number of benzene rings is 1. The number of hydrogen-bond acceptors (Lipinski definition) is 5. The summed E-state index contributed by atoms with van der Waals surface area (Å²) in [5.41, 5.74) is 1.21. The molecule has 1 aromatic heterocycles. The minimum Gasteiger partial charge on any atom is -0.494 e. The van der Waals surface area contributed by atoms with Gasteiger partial charge in [0.05, 0.1) is 12.2 Å². The van der Waals surface area contributed by atoms with E-state index in [-0.39, 0.29) is 23.8 Å². The van der Waals surface area contributed by atoms with E-state index in [1.54, 1.807) is 0 Å². The molecule has 7 heteroatoms. The maximum Gasteiger partial charge on any atom is 0.257 e. The van der Waals surface area contributed by atoms with Gasteiger partial charge in [-0.1, -0.05) is 30.8 Å². The largest absolute Gasteiger partial charge is 0.494 e. The zero-order chi connectivity index (χ0) is 17.1. The number of carbonyl (C=O) groups is 1. The van der Waals surface area contributed by atoms with Crippen molar-refractivity contribution in [3.8, 4) is 5.75 Å². The molecule has 0 saturated carbocycles. The Kier molecular flexibility index (Phi) is 4.89. The number of amides is 1. The molecule has 2 N–H and O–H groups in total. The summed E-state index contributed by atoms with van der Waals surface area (Å²) in [6.45, 7) is 4.49. The van der Waals surface area contributed by atoms with Crippen LogP contribution in [0.5, 0.6) is 5.75 Å². The van der Waals surface area contributed by atoms with Crippen LogP contribution in [0.3, 0.4) is 0 Å². The van der Waals surface area contributed by atoms with Gasteiger partial charge in [-0.3, -0.25) is 9.59 Å². The lowest BCUT2D eigenvalue weighted by Gasteiger charge is -2.24. The van der Waals surface area contributed by atoms with Crippen molar-refractivity contribution in [2.45, 2.75) is 31.3 Å². The van der Waals surface area contributed by atoms with Gasteiger partial charge in [0.2, 0.25) is 5.91 Å². The van der Waals surface area contributed by atoms with Crippen molar-refractivity contribution in [3.63, 3.8) is 0 Å². The maximum atomic E-state index is 12.5. The quantitative estimate of drug-likeness (QED) is 0.643. The topological polar surface area (TPSA) is 84.1 Å². The highest BCUT2D eigenvalue weighted by molar-refractivity contribution is 7.99. The Morgan fingerprint density at radius 1 is 1.25 bits per heavy atom. The number of carbonyl (C=O) groups excluding carboxylic acids is 1. The van der Waals surface area contributed by atoms with E-state index in [1.165, 1.54) is 11.8 Å². The summed E-state index contributed by atoms with van der Waals surface area (Å²) in [5, 5.41) is 3.24. The third kappa shape index (κ3) is 3.31. The van der Waals surface area contributed by atoms with Gasteiger partial charge in [0.1, 0.15) is 11.6 Å². The summed E-state index contributed by atoms with van der Waals surface area (Å²) in [5.74, 6) is 1.49. The molecule has 3 rings (SSSR count). The fourth-order valence-corrected chi connectivity index (χ4v) is 3.40. The number of H-pyrrole nitrogens is 1. The molecule has 1 aromatic carbocycles. The highest BCUT2D eigenvalue weighted by Gasteiger charge is 2.30. The van der Waals surface area contributed by atoms with Crippen molar-refractivity contribution in [1.82, 2.24) is 9.97 Å². The fourth-order valence-electron chi connectivity index (χ4n) is 2.80. The second-order valence-electron chi connectivity index (χ2n) is 5.37. The Balaban J connectivity index is 2.02. The third-order valence-corrected chi connectivity index (χ3v) is 4.56. The Hall–Kier alpha value is -2.28. The molecule has 2 aromatic rings. The summed E-state index contributed by atoms with van der Waals surface area (Å²) in [7, 11) is 0. The van der Waals surface area contributed by atoms with Crippen LogP contribution in [0.4, 0.5) is 5.82 Å². The number of hydrogen-bond donors (Lipinski definition) is 2. The van der Waals surface area contributed by atoms with Gasteiger partial charge < -0.3 is 15.0 Å².